The van der Waals surface area contributed by atoms with E-state index in [-0.39, 0.29) is 0 Å². The van der Waals surface area contributed by atoms with E-state index >= 15 is 0 Å². The van der Waals surface area contributed by atoms with E-state index in [1.807, 2.05) is 0 Å². The first-order valence-corrected chi connectivity index (χ1v) is 7.75. The Balaban J connectivity index is 3.03. The molecule has 0 radical (unpaired) electrons. The summed E-state index contributed by atoms with van der Waals surface area (Å²) in [5, 5.41) is 3.38. The molecule has 0 aromatic heterocycles. The Labute approximate surface area is 119 Å². The van der Waals surface area contributed by atoms with Gasteiger partial charge in [0, 0.05) is 32.3 Å². The van der Waals surface area contributed by atoms with Crippen LogP contribution in [0.5, 0.6) is 0 Å². The van der Waals surface area contributed by atoms with Crippen LogP contribution < -0.4 is 5.32 Å². The zero-order chi connectivity index (χ0) is 14.3. The first-order chi connectivity index (χ1) is 9.18. The highest BCUT2D eigenvalue weighted by molar-refractivity contribution is 4.58. The summed E-state index contributed by atoms with van der Waals surface area (Å²) in [4.78, 5) is 2.33. The smallest absolute Gasteiger partial charge is 0.0701 e. The second-order valence-electron chi connectivity index (χ2n) is 5.26. The number of hydrogen-bond acceptors (Lipinski definition) is 4. The van der Waals surface area contributed by atoms with Crippen LogP contribution in [-0.2, 0) is 9.47 Å². The summed E-state index contributed by atoms with van der Waals surface area (Å²) in [5.74, 6) is 0. The van der Waals surface area contributed by atoms with E-state index in [4.69, 9.17) is 9.47 Å². The number of likely N-dealkylation sites (N-methyl/N-ethyl adjacent to an activating group) is 1. The third kappa shape index (κ3) is 14.1. The van der Waals surface area contributed by atoms with Gasteiger partial charge in [-0.05, 0) is 27.3 Å². The summed E-state index contributed by atoms with van der Waals surface area (Å²) < 4.78 is 11.0. The second kappa shape index (κ2) is 14.3. The van der Waals surface area contributed by atoms with Gasteiger partial charge in [-0.15, -0.1) is 0 Å². The Hall–Kier alpha value is -0.160. The van der Waals surface area contributed by atoms with Crippen molar-refractivity contribution in [2.75, 3.05) is 53.1 Å². The number of unbranched alkanes of at least 4 members (excludes halogenated alkanes) is 2. The van der Waals surface area contributed by atoms with Gasteiger partial charge in [-0.3, -0.25) is 0 Å². The maximum atomic E-state index is 5.49. The van der Waals surface area contributed by atoms with Gasteiger partial charge in [0.25, 0.3) is 0 Å². The van der Waals surface area contributed by atoms with Crippen LogP contribution >= 0.6 is 0 Å². The molecule has 0 saturated carbocycles. The van der Waals surface area contributed by atoms with Crippen molar-refractivity contribution < 1.29 is 9.47 Å². The number of rotatable bonds is 14. The third-order valence-electron chi connectivity index (χ3n) is 3.21. The molecule has 0 fully saturated rings. The van der Waals surface area contributed by atoms with Gasteiger partial charge in [-0.25, -0.2) is 0 Å². The van der Waals surface area contributed by atoms with Crippen LogP contribution in [0.1, 0.15) is 40.0 Å². The summed E-state index contributed by atoms with van der Waals surface area (Å²) in [6.07, 6.45) is 3.68. The van der Waals surface area contributed by atoms with E-state index in [2.05, 4.69) is 38.0 Å². The molecule has 0 amide bonds. The zero-order valence-electron chi connectivity index (χ0n) is 13.4. The quantitative estimate of drug-likeness (QED) is 0.492. The Bertz CT molecular complexity index is 178. The van der Waals surface area contributed by atoms with Crippen LogP contribution in [0.3, 0.4) is 0 Å². The molecule has 0 aliphatic rings. The molecule has 116 valence electrons. The SMILES string of the molecule is CCCCCOCCOCCNCCN(C)C(C)C. The van der Waals surface area contributed by atoms with Gasteiger partial charge < -0.3 is 19.7 Å². The van der Waals surface area contributed by atoms with Crippen LogP contribution in [0.25, 0.3) is 0 Å². The molecule has 4 nitrogen and oxygen atoms in total. The average molecular weight is 274 g/mol. The first-order valence-electron chi connectivity index (χ1n) is 7.75. The molecule has 0 aromatic rings. The van der Waals surface area contributed by atoms with Crippen LogP contribution in [0, 0.1) is 0 Å². The van der Waals surface area contributed by atoms with E-state index in [0.717, 1.165) is 39.5 Å². The van der Waals surface area contributed by atoms with Crippen LogP contribution in [0.15, 0.2) is 0 Å². The number of nitrogens with one attached hydrogen (secondary N) is 1. The molecule has 0 aliphatic heterocycles. The lowest BCUT2D eigenvalue weighted by Gasteiger charge is -2.20. The Morgan fingerprint density at radius 2 is 1.63 bits per heavy atom. The summed E-state index contributed by atoms with van der Waals surface area (Å²) in [7, 11) is 2.15. The van der Waals surface area contributed by atoms with Crippen molar-refractivity contribution in [1.29, 1.82) is 0 Å². The minimum absolute atomic E-state index is 0.614. The van der Waals surface area contributed by atoms with Gasteiger partial charge in [-0.2, -0.15) is 0 Å². The number of hydrogen-bond donors (Lipinski definition) is 1. The van der Waals surface area contributed by atoms with Gasteiger partial charge >= 0.3 is 0 Å². The van der Waals surface area contributed by atoms with Gasteiger partial charge in [0.1, 0.15) is 0 Å². The maximum Gasteiger partial charge on any atom is 0.0701 e. The van der Waals surface area contributed by atoms with Crippen molar-refractivity contribution in [2.24, 2.45) is 0 Å². The first kappa shape index (κ1) is 18.8. The molecular formula is C15H34N2O2. The molecule has 0 saturated heterocycles. The molecule has 0 atom stereocenters. The number of ether oxygens (including phenoxy) is 2. The molecule has 0 aliphatic carbocycles. The molecule has 1 N–H and O–H groups in total. The number of nitrogens with zero attached hydrogens (tertiary/aromatic N) is 1. The summed E-state index contributed by atoms with van der Waals surface area (Å²) in [6.45, 7) is 12.7. The summed E-state index contributed by atoms with van der Waals surface area (Å²) in [6, 6.07) is 0.614. The molecule has 0 heterocycles. The summed E-state index contributed by atoms with van der Waals surface area (Å²) >= 11 is 0. The lowest BCUT2D eigenvalue weighted by atomic mass is 10.3. The molecule has 19 heavy (non-hydrogen) atoms. The molecule has 0 aromatic carbocycles. The lowest BCUT2D eigenvalue weighted by molar-refractivity contribution is 0.0473. The van der Waals surface area contributed by atoms with Crippen molar-refractivity contribution >= 4 is 0 Å². The van der Waals surface area contributed by atoms with Crippen LogP contribution in [0.2, 0.25) is 0 Å². The highest BCUT2D eigenvalue weighted by atomic mass is 16.5. The van der Waals surface area contributed by atoms with Crippen molar-refractivity contribution in [3.8, 4) is 0 Å². The standard InChI is InChI=1S/C15H34N2O2/c1-5-6-7-11-18-13-14-19-12-9-16-8-10-17(4)15(2)3/h15-16H,5-14H2,1-4H3. The molecule has 0 spiro atoms. The topological polar surface area (TPSA) is 33.7 Å². The second-order valence-corrected chi connectivity index (χ2v) is 5.26. The predicted molar refractivity (Wildman–Crippen MR) is 81.8 cm³/mol. The predicted octanol–water partition coefficient (Wildman–Crippen LogP) is 2.14. The fourth-order valence-electron chi connectivity index (χ4n) is 1.56. The molecule has 4 heteroatoms. The van der Waals surface area contributed by atoms with E-state index in [1.54, 1.807) is 0 Å². The van der Waals surface area contributed by atoms with E-state index < -0.39 is 0 Å². The normalized spacial score (nSPS) is 11.7. The Morgan fingerprint density at radius 1 is 0.947 bits per heavy atom. The Kier molecular flexibility index (Phi) is 14.1. The van der Waals surface area contributed by atoms with Crippen molar-refractivity contribution in [2.45, 2.75) is 46.1 Å². The van der Waals surface area contributed by atoms with Crippen molar-refractivity contribution in [1.82, 2.24) is 10.2 Å². The highest BCUT2D eigenvalue weighted by Gasteiger charge is 2.01. The van der Waals surface area contributed by atoms with E-state index in [9.17, 15) is 0 Å². The van der Waals surface area contributed by atoms with Crippen molar-refractivity contribution in [3.63, 3.8) is 0 Å². The lowest BCUT2D eigenvalue weighted by Crippen LogP contribution is -2.34. The minimum atomic E-state index is 0.614. The van der Waals surface area contributed by atoms with Gasteiger partial charge in [-0.1, -0.05) is 19.8 Å². The molecule has 0 rings (SSSR count). The van der Waals surface area contributed by atoms with Gasteiger partial charge in [0.15, 0.2) is 0 Å². The average Bonchev–Trinajstić information content (AvgIpc) is 2.39. The van der Waals surface area contributed by atoms with Gasteiger partial charge in [0.2, 0.25) is 0 Å². The molecule has 0 bridgehead atoms. The van der Waals surface area contributed by atoms with E-state index in [0.29, 0.717) is 12.6 Å². The van der Waals surface area contributed by atoms with E-state index in [1.165, 1.54) is 19.3 Å². The Morgan fingerprint density at radius 3 is 2.26 bits per heavy atom. The van der Waals surface area contributed by atoms with Gasteiger partial charge in [0.05, 0.1) is 19.8 Å². The van der Waals surface area contributed by atoms with Crippen LogP contribution in [0.4, 0.5) is 0 Å². The molecule has 0 unspecified atom stereocenters. The fraction of sp³-hybridized carbons (Fsp3) is 1.00. The summed E-state index contributed by atoms with van der Waals surface area (Å²) in [5.41, 5.74) is 0. The largest absolute Gasteiger partial charge is 0.379 e. The minimum Gasteiger partial charge on any atom is -0.379 e. The third-order valence-corrected chi connectivity index (χ3v) is 3.21. The molecular weight excluding hydrogens is 240 g/mol. The van der Waals surface area contributed by atoms with Crippen molar-refractivity contribution in [3.05, 3.63) is 0 Å². The van der Waals surface area contributed by atoms with Crippen LogP contribution in [-0.4, -0.2) is 64.1 Å². The fourth-order valence-corrected chi connectivity index (χ4v) is 1.56. The highest BCUT2D eigenvalue weighted by Crippen LogP contribution is 1.93. The monoisotopic (exact) mass is 274 g/mol. The zero-order valence-corrected chi connectivity index (χ0v) is 13.4. The maximum absolute atomic E-state index is 5.49.